The fourth-order valence-electron chi connectivity index (χ4n) is 3.78. The number of aliphatic carboxylic acids is 1. The second kappa shape index (κ2) is 19.8. The zero-order chi connectivity index (χ0) is 30.0. The Bertz CT molecular complexity index is 881. The van der Waals surface area contributed by atoms with Crippen LogP contribution in [-0.4, -0.2) is 28.9 Å². The molecule has 2 rings (SSSR count). The number of amides is 2. The molecule has 0 saturated carbocycles. The van der Waals surface area contributed by atoms with E-state index in [4.69, 9.17) is 10.8 Å². The predicted octanol–water partition coefficient (Wildman–Crippen LogP) is 7.06. The van der Waals surface area contributed by atoms with Gasteiger partial charge in [-0.25, -0.2) is 0 Å². The van der Waals surface area contributed by atoms with E-state index in [0.717, 1.165) is 24.2 Å². The Hall–Kier alpha value is -3.19. The number of anilines is 2. The summed E-state index contributed by atoms with van der Waals surface area (Å²) in [6.07, 6.45) is 2.41. The molecule has 2 amide bonds. The molecule has 0 aliphatic heterocycles. The number of rotatable bonds is 11. The van der Waals surface area contributed by atoms with Crippen LogP contribution in [0, 0.1) is 29.6 Å². The number of hydrogen-bond donors (Lipinski definition) is 4. The summed E-state index contributed by atoms with van der Waals surface area (Å²) in [5.74, 6) is 0.655. The van der Waals surface area contributed by atoms with Crippen LogP contribution < -0.4 is 16.4 Å². The van der Waals surface area contributed by atoms with Crippen LogP contribution in [0.4, 0.5) is 11.4 Å². The molecular formula is C32H51N3O4. The van der Waals surface area contributed by atoms with Crippen molar-refractivity contribution in [1.29, 1.82) is 0 Å². The average Bonchev–Trinajstić information content (AvgIpc) is 2.84. The van der Waals surface area contributed by atoms with Crippen LogP contribution in [-0.2, 0) is 14.4 Å². The van der Waals surface area contributed by atoms with Crippen molar-refractivity contribution in [3.05, 3.63) is 60.7 Å². The van der Waals surface area contributed by atoms with Gasteiger partial charge in [-0.2, -0.15) is 0 Å². The maximum absolute atomic E-state index is 11.7. The molecule has 7 heteroatoms. The highest BCUT2D eigenvalue weighted by Crippen LogP contribution is 2.14. The van der Waals surface area contributed by atoms with E-state index in [9.17, 15) is 14.4 Å². The number of carbonyl (C=O) groups excluding carboxylic acids is 2. The molecule has 0 aromatic heterocycles. The number of carboxylic acid groups (broad SMARTS) is 1. The standard InChI is InChI=1S/C13H19NO.C12H18N2O.C7H14O2/c1-10(2)9-11(3)13(15)14-12-7-5-4-6-8-12;1-9(2)8-11(13)12(15)14-10-6-4-3-5-7-10;1-5(2)4-6(3)7(8)9/h4-8,10-11H,9H2,1-3H3,(H,14,15);3-7,9,11H,8,13H2,1-2H3,(H,14,15);5-6H,4H2,1-3H3,(H,8,9)/t2*11-;6-/m000/s1. The van der Waals surface area contributed by atoms with Gasteiger partial charge in [-0.3, -0.25) is 14.4 Å². The van der Waals surface area contributed by atoms with Crippen LogP contribution in [0.3, 0.4) is 0 Å². The highest BCUT2D eigenvalue weighted by Gasteiger charge is 2.15. The molecule has 0 bridgehead atoms. The largest absolute Gasteiger partial charge is 0.481 e. The third-order valence-electron chi connectivity index (χ3n) is 5.66. The van der Waals surface area contributed by atoms with Gasteiger partial charge in [0.15, 0.2) is 0 Å². The average molecular weight is 542 g/mol. The summed E-state index contributed by atoms with van der Waals surface area (Å²) >= 11 is 0. The third kappa shape index (κ3) is 18.7. The Morgan fingerprint density at radius 2 is 0.974 bits per heavy atom. The zero-order valence-corrected chi connectivity index (χ0v) is 25.1. The van der Waals surface area contributed by atoms with Gasteiger partial charge in [0.2, 0.25) is 11.8 Å². The lowest BCUT2D eigenvalue weighted by Gasteiger charge is -2.13. The SMILES string of the molecule is CC(C)C[C@H](C)C(=O)Nc1ccccc1.CC(C)C[C@H](C)C(=O)O.CC(C)C[C@H](N)C(=O)Nc1ccccc1. The fourth-order valence-corrected chi connectivity index (χ4v) is 3.78. The maximum Gasteiger partial charge on any atom is 0.306 e. The summed E-state index contributed by atoms with van der Waals surface area (Å²) in [4.78, 5) is 33.6. The first-order valence-corrected chi connectivity index (χ1v) is 13.9. The summed E-state index contributed by atoms with van der Waals surface area (Å²) in [7, 11) is 0. The van der Waals surface area contributed by atoms with Crippen LogP contribution in [0.15, 0.2) is 60.7 Å². The smallest absolute Gasteiger partial charge is 0.306 e. The number of carboxylic acids is 1. The van der Waals surface area contributed by atoms with Crippen molar-refractivity contribution in [1.82, 2.24) is 0 Å². The van der Waals surface area contributed by atoms with E-state index in [1.54, 1.807) is 6.92 Å². The topological polar surface area (TPSA) is 122 Å². The van der Waals surface area contributed by atoms with Gasteiger partial charge < -0.3 is 21.5 Å². The Morgan fingerprint density at radius 3 is 1.31 bits per heavy atom. The molecule has 0 heterocycles. The molecule has 2 aromatic rings. The minimum Gasteiger partial charge on any atom is -0.481 e. The first-order chi connectivity index (χ1) is 18.2. The van der Waals surface area contributed by atoms with Crippen LogP contribution in [0.5, 0.6) is 0 Å². The number of hydrogen-bond acceptors (Lipinski definition) is 4. The van der Waals surface area contributed by atoms with Crippen LogP contribution in [0.25, 0.3) is 0 Å². The van der Waals surface area contributed by atoms with Gasteiger partial charge in [-0.1, -0.05) is 91.8 Å². The molecule has 5 N–H and O–H groups in total. The second-order valence-electron chi connectivity index (χ2n) is 11.3. The lowest BCUT2D eigenvalue weighted by molar-refractivity contribution is -0.141. The summed E-state index contributed by atoms with van der Waals surface area (Å²) in [6.45, 7) is 16.1. The molecule has 0 radical (unpaired) electrons. The van der Waals surface area contributed by atoms with Crippen LogP contribution in [0.1, 0.15) is 74.7 Å². The summed E-state index contributed by atoms with van der Waals surface area (Å²) in [5.41, 5.74) is 7.42. The second-order valence-corrected chi connectivity index (χ2v) is 11.3. The Morgan fingerprint density at radius 1 is 0.615 bits per heavy atom. The normalized spacial score (nSPS) is 12.8. The number of nitrogens with two attached hydrogens (primary N) is 1. The maximum atomic E-state index is 11.7. The molecule has 0 aliphatic carbocycles. The van der Waals surface area contributed by atoms with Gasteiger partial charge in [-0.15, -0.1) is 0 Å². The first-order valence-electron chi connectivity index (χ1n) is 13.9. The van der Waals surface area contributed by atoms with Crippen molar-refractivity contribution in [2.45, 2.75) is 80.7 Å². The lowest BCUT2D eigenvalue weighted by atomic mass is 9.98. The molecule has 3 atom stereocenters. The molecule has 0 saturated heterocycles. The van der Waals surface area contributed by atoms with Gasteiger partial charge in [0, 0.05) is 17.3 Å². The third-order valence-corrected chi connectivity index (χ3v) is 5.66. The first kappa shape index (κ1) is 35.8. The number of nitrogens with one attached hydrogen (secondary N) is 2. The van der Waals surface area contributed by atoms with Crippen molar-refractivity contribution < 1.29 is 19.5 Å². The van der Waals surface area contributed by atoms with E-state index in [1.807, 2.05) is 81.4 Å². The van der Waals surface area contributed by atoms with E-state index >= 15 is 0 Å². The quantitative estimate of drug-likeness (QED) is 0.243. The Balaban J connectivity index is 0.000000576. The van der Waals surface area contributed by atoms with Crippen molar-refractivity contribution in [2.24, 2.45) is 35.3 Å². The van der Waals surface area contributed by atoms with Gasteiger partial charge in [0.1, 0.15) is 0 Å². The van der Waals surface area contributed by atoms with Crippen molar-refractivity contribution in [2.75, 3.05) is 10.6 Å². The molecule has 0 fully saturated rings. The Kier molecular flexibility index (Phi) is 18.2. The van der Waals surface area contributed by atoms with Crippen molar-refractivity contribution in [3.63, 3.8) is 0 Å². The lowest BCUT2D eigenvalue weighted by Crippen LogP contribution is -2.36. The monoisotopic (exact) mass is 541 g/mol. The Labute approximate surface area is 236 Å². The molecular weight excluding hydrogens is 490 g/mol. The zero-order valence-electron chi connectivity index (χ0n) is 25.1. The van der Waals surface area contributed by atoms with Gasteiger partial charge in [-0.05, 0) is 61.3 Å². The summed E-state index contributed by atoms with van der Waals surface area (Å²) in [5, 5.41) is 14.1. The van der Waals surface area contributed by atoms with Crippen LogP contribution >= 0.6 is 0 Å². The molecule has 7 nitrogen and oxygen atoms in total. The highest BCUT2D eigenvalue weighted by atomic mass is 16.4. The van der Waals surface area contributed by atoms with Gasteiger partial charge in [0.25, 0.3) is 0 Å². The summed E-state index contributed by atoms with van der Waals surface area (Å²) in [6, 6.07) is 18.5. The van der Waals surface area contributed by atoms with Crippen molar-refractivity contribution >= 4 is 29.2 Å². The number of para-hydroxylation sites is 2. The van der Waals surface area contributed by atoms with E-state index in [0.29, 0.717) is 24.2 Å². The molecule has 0 unspecified atom stereocenters. The minimum absolute atomic E-state index is 0.0743. The van der Waals surface area contributed by atoms with Crippen molar-refractivity contribution in [3.8, 4) is 0 Å². The van der Waals surface area contributed by atoms with E-state index in [1.165, 1.54) is 0 Å². The number of carbonyl (C=O) groups is 3. The highest BCUT2D eigenvalue weighted by molar-refractivity contribution is 5.94. The van der Waals surface area contributed by atoms with Gasteiger partial charge in [0.05, 0.1) is 12.0 Å². The van der Waals surface area contributed by atoms with Gasteiger partial charge >= 0.3 is 5.97 Å². The van der Waals surface area contributed by atoms with E-state index in [2.05, 4.69) is 38.3 Å². The summed E-state index contributed by atoms with van der Waals surface area (Å²) < 4.78 is 0. The van der Waals surface area contributed by atoms with Crippen LogP contribution in [0.2, 0.25) is 0 Å². The molecule has 2 aromatic carbocycles. The fraction of sp³-hybridized carbons (Fsp3) is 0.531. The van der Waals surface area contributed by atoms with E-state index in [-0.39, 0.29) is 23.7 Å². The predicted molar refractivity (Wildman–Crippen MR) is 162 cm³/mol. The molecule has 39 heavy (non-hydrogen) atoms. The number of benzene rings is 2. The molecule has 218 valence electrons. The van der Waals surface area contributed by atoms with E-state index < -0.39 is 12.0 Å². The molecule has 0 aliphatic rings. The minimum atomic E-state index is -0.691. The molecule has 0 spiro atoms.